The predicted molar refractivity (Wildman–Crippen MR) is 229 cm³/mol. The number of hydrogen-bond donors (Lipinski definition) is 2. The van der Waals surface area contributed by atoms with E-state index in [4.69, 9.17) is 29.7 Å². The monoisotopic (exact) mass is 794 g/mol. The van der Waals surface area contributed by atoms with E-state index in [2.05, 4.69) is 46.1 Å². The molecule has 5 heterocycles. The number of anilines is 2. The number of nitrogen functional groups attached to an aromatic ring is 1. The van der Waals surface area contributed by atoms with Crippen molar-refractivity contribution in [2.24, 2.45) is 4.99 Å². The molecule has 0 saturated carbocycles. The Hall–Kier alpha value is -6.60. The molecule has 9 rings (SSSR count). The summed E-state index contributed by atoms with van der Waals surface area (Å²) in [6, 6.07) is 23.0. The van der Waals surface area contributed by atoms with Gasteiger partial charge < -0.3 is 44.3 Å². The van der Waals surface area contributed by atoms with Crippen molar-refractivity contribution in [2.45, 2.75) is 31.3 Å². The molecular weight excluding hydrogens is 747 g/mol. The SMILES string of the molecule is COc1cc2c(cc1OCCCOc1cc3c(cc1OC)C(=O)N1C=C(c4ccc(N)cc4)CC1C=[NH+]3)N=CC1CC(c3ccc(N4CCN(C)CC4)cc3)=CN1C2=O. The Morgan fingerprint density at radius 2 is 1.29 bits per heavy atom. The van der Waals surface area contributed by atoms with E-state index in [1.165, 1.54) is 5.69 Å². The number of nitrogens with zero attached hydrogens (tertiary/aromatic N) is 5. The molecule has 0 aromatic heterocycles. The van der Waals surface area contributed by atoms with Gasteiger partial charge in [-0.25, -0.2) is 4.99 Å². The summed E-state index contributed by atoms with van der Waals surface area (Å²) in [5.74, 6) is 1.65. The second-order valence-electron chi connectivity index (χ2n) is 15.4. The summed E-state index contributed by atoms with van der Waals surface area (Å²) in [5.41, 5.74) is 14.2. The zero-order chi connectivity index (χ0) is 40.6. The minimum atomic E-state index is -0.187. The van der Waals surface area contributed by atoms with Gasteiger partial charge in [0.2, 0.25) is 5.69 Å². The maximum absolute atomic E-state index is 13.9. The average molecular weight is 795 g/mol. The summed E-state index contributed by atoms with van der Waals surface area (Å²) < 4.78 is 23.7. The van der Waals surface area contributed by atoms with Crippen LogP contribution in [-0.4, -0.2) is 112 Å². The molecule has 302 valence electrons. The highest BCUT2D eigenvalue weighted by atomic mass is 16.5. The summed E-state index contributed by atoms with van der Waals surface area (Å²) in [6.45, 7) is 4.79. The minimum Gasteiger partial charge on any atom is -0.493 e. The van der Waals surface area contributed by atoms with Crippen molar-refractivity contribution in [3.8, 4) is 23.0 Å². The van der Waals surface area contributed by atoms with Gasteiger partial charge in [-0.2, -0.15) is 0 Å². The lowest BCUT2D eigenvalue weighted by atomic mass is 10.0. The van der Waals surface area contributed by atoms with E-state index < -0.39 is 0 Å². The average Bonchev–Trinajstić information content (AvgIpc) is 3.84. The summed E-state index contributed by atoms with van der Waals surface area (Å²) in [7, 11) is 5.28. The lowest BCUT2D eigenvalue weighted by molar-refractivity contribution is -0.349. The Balaban J connectivity index is 0.824. The van der Waals surface area contributed by atoms with Gasteiger partial charge in [-0.3, -0.25) is 14.6 Å². The fourth-order valence-electron chi connectivity index (χ4n) is 8.28. The Labute approximate surface area is 343 Å². The van der Waals surface area contributed by atoms with E-state index >= 15 is 0 Å². The molecule has 0 aliphatic carbocycles. The van der Waals surface area contributed by atoms with Crippen molar-refractivity contribution < 1.29 is 33.5 Å². The third-order valence-electron chi connectivity index (χ3n) is 11.7. The summed E-state index contributed by atoms with van der Waals surface area (Å²) in [4.78, 5) is 44.1. The van der Waals surface area contributed by atoms with Gasteiger partial charge in [-0.05, 0) is 59.7 Å². The maximum atomic E-state index is 13.9. The molecule has 3 N–H and O–H groups in total. The van der Waals surface area contributed by atoms with Crippen molar-refractivity contribution in [2.75, 3.05) is 71.3 Å². The Morgan fingerprint density at radius 3 is 1.95 bits per heavy atom. The molecule has 59 heavy (non-hydrogen) atoms. The van der Waals surface area contributed by atoms with Crippen LogP contribution in [0.15, 0.2) is 90.2 Å². The van der Waals surface area contributed by atoms with Gasteiger partial charge in [0.25, 0.3) is 11.8 Å². The quantitative estimate of drug-likeness (QED) is 0.161. The lowest BCUT2D eigenvalue weighted by Gasteiger charge is -2.34. The van der Waals surface area contributed by atoms with Crippen LogP contribution in [0.2, 0.25) is 0 Å². The number of nitrogens with two attached hydrogens (primary N) is 1. The molecule has 2 unspecified atom stereocenters. The largest absolute Gasteiger partial charge is 0.493 e. The summed E-state index contributed by atoms with van der Waals surface area (Å²) in [5, 5.41) is 0. The van der Waals surface area contributed by atoms with Crippen molar-refractivity contribution in [1.29, 1.82) is 0 Å². The van der Waals surface area contributed by atoms with Gasteiger partial charge in [0.1, 0.15) is 11.6 Å². The molecule has 1 saturated heterocycles. The zero-order valence-corrected chi connectivity index (χ0v) is 33.5. The molecule has 0 bridgehead atoms. The van der Waals surface area contributed by atoms with Crippen LogP contribution in [0.5, 0.6) is 23.0 Å². The van der Waals surface area contributed by atoms with Gasteiger partial charge in [0, 0.05) is 87.6 Å². The molecule has 0 spiro atoms. The fourth-order valence-corrected chi connectivity index (χ4v) is 8.28. The van der Waals surface area contributed by atoms with Crippen LogP contribution in [-0.2, 0) is 0 Å². The highest BCUT2D eigenvalue weighted by molar-refractivity contribution is 6.06. The van der Waals surface area contributed by atoms with E-state index in [0.29, 0.717) is 83.7 Å². The van der Waals surface area contributed by atoms with Gasteiger partial charge >= 0.3 is 0 Å². The first-order valence-electron chi connectivity index (χ1n) is 20.1. The molecule has 2 atom stereocenters. The second kappa shape index (κ2) is 16.0. The van der Waals surface area contributed by atoms with Gasteiger partial charge in [0.05, 0.1) is 50.8 Å². The van der Waals surface area contributed by atoms with E-state index in [0.717, 1.165) is 48.5 Å². The highest BCUT2D eigenvalue weighted by Gasteiger charge is 2.37. The van der Waals surface area contributed by atoms with E-state index in [9.17, 15) is 9.59 Å². The maximum Gasteiger partial charge on any atom is 0.265 e. The zero-order valence-electron chi connectivity index (χ0n) is 33.5. The first-order valence-corrected chi connectivity index (χ1v) is 20.1. The minimum absolute atomic E-state index is 0.125. The summed E-state index contributed by atoms with van der Waals surface area (Å²) in [6.07, 6.45) is 9.56. The highest BCUT2D eigenvalue weighted by Crippen LogP contribution is 2.41. The molecule has 13 heteroatoms. The van der Waals surface area contributed by atoms with Crippen molar-refractivity contribution in [1.82, 2.24) is 14.7 Å². The van der Waals surface area contributed by atoms with Crippen LogP contribution in [0.4, 0.5) is 22.7 Å². The van der Waals surface area contributed by atoms with Gasteiger partial charge in [-0.15, -0.1) is 0 Å². The molecular formula is C46H48N7O6+. The third-order valence-corrected chi connectivity index (χ3v) is 11.7. The molecule has 4 aromatic rings. The van der Waals surface area contributed by atoms with Crippen LogP contribution >= 0.6 is 0 Å². The molecule has 5 aliphatic heterocycles. The second-order valence-corrected chi connectivity index (χ2v) is 15.4. The normalized spacial score (nSPS) is 19.6. The van der Waals surface area contributed by atoms with E-state index in [-0.39, 0.29) is 23.9 Å². The van der Waals surface area contributed by atoms with Crippen molar-refractivity contribution >= 4 is 58.1 Å². The molecule has 0 radical (unpaired) electrons. The molecule has 1 fully saturated rings. The fraction of sp³-hybridized carbons (Fsp3) is 0.304. The summed E-state index contributed by atoms with van der Waals surface area (Å²) >= 11 is 0. The smallest absolute Gasteiger partial charge is 0.265 e. The number of amides is 2. The van der Waals surface area contributed by atoms with Crippen LogP contribution < -0.4 is 34.6 Å². The number of hydrogen-bond acceptors (Lipinski definition) is 10. The number of benzene rings is 4. The Morgan fingerprint density at radius 1 is 0.712 bits per heavy atom. The Kier molecular flexibility index (Phi) is 10.3. The number of piperazine rings is 1. The standard InChI is InChI=1S/C46H47N7O6/c1-50-13-15-51(16-14-50)34-11-7-30(8-12-34)32-20-36-26-49-40-24-44(42(57-3)22-38(40)46(55)53(36)28-32)59-18-4-17-58-43-23-39-37(21-41(43)56-2)45(54)52-27-31(19-35(52)25-48-39)29-5-9-33(47)10-6-29/h5-12,21-28,35-36H,4,13-20,47H2,1-3H3/p+1. The van der Waals surface area contributed by atoms with Crippen LogP contribution in [0.25, 0.3) is 11.1 Å². The predicted octanol–water partition coefficient (Wildman–Crippen LogP) is 4.91. The van der Waals surface area contributed by atoms with E-state index in [1.807, 2.05) is 49.1 Å². The van der Waals surface area contributed by atoms with Gasteiger partial charge in [-0.1, -0.05) is 24.3 Å². The topological polar surface area (TPSA) is 136 Å². The number of ether oxygens (including phenoxy) is 4. The van der Waals surface area contributed by atoms with E-state index in [1.54, 1.807) is 48.3 Å². The number of carbonyl (C=O) groups excluding carboxylic acids is 2. The number of aliphatic imine (C=N–C) groups is 1. The Bertz CT molecular complexity index is 2400. The number of methoxy groups -OCH3 is 2. The van der Waals surface area contributed by atoms with Crippen LogP contribution in [0.3, 0.4) is 0 Å². The number of fused-ring (bicyclic) bond motifs is 4. The number of likely N-dealkylation sites (N-methyl/N-ethyl adjacent to an activating group) is 1. The number of nitrogens with one attached hydrogen (secondary N) is 1. The first-order chi connectivity index (χ1) is 28.8. The number of rotatable bonds is 11. The first kappa shape index (κ1) is 37.9. The molecule has 5 aliphatic rings. The van der Waals surface area contributed by atoms with Gasteiger partial charge in [0.15, 0.2) is 29.2 Å². The van der Waals surface area contributed by atoms with Crippen molar-refractivity contribution in [3.63, 3.8) is 0 Å². The lowest BCUT2D eigenvalue weighted by Crippen LogP contribution is -2.63. The molecule has 2 amide bonds. The van der Waals surface area contributed by atoms with Crippen LogP contribution in [0.1, 0.15) is 51.1 Å². The third kappa shape index (κ3) is 7.49. The van der Waals surface area contributed by atoms with Crippen LogP contribution in [0, 0.1) is 0 Å². The molecule has 4 aromatic carbocycles. The van der Waals surface area contributed by atoms with Crippen molar-refractivity contribution in [3.05, 3.63) is 107 Å². The number of carbonyl (C=O) groups is 2. The molecule has 13 nitrogen and oxygen atoms in total.